The number of aromatic nitrogens is 3. The lowest BCUT2D eigenvalue weighted by atomic mass is 9.79. The summed E-state index contributed by atoms with van der Waals surface area (Å²) in [5, 5.41) is 7.98. The van der Waals surface area contributed by atoms with Crippen molar-refractivity contribution in [3.63, 3.8) is 0 Å². The van der Waals surface area contributed by atoms with Crippen molar-refractivity contribution < 1.29 is 14.3 Å². The third-order valence-electron chi connectivity index (χ3n) is 4.49. The molecule has 1 aromatic carbocycles. The van der Waals surface area contributed by atoms with E-state index in [1.165, 1.54) is 4.68 Å². The van der Waals surface area contributed by atoms with Crippen molar-refractivity contribution in [2.45, 2.75) is 39.0 Å². The van der Waals surface area contributed by atoms with Crippen LogP contribution in [-0.2, 0) is 9.53 Å². The Kier molecular flexibility index (Phi) is 4.69. The van der Waals surface area contributed by atoms with Crippen molar-refractivity contribution >= 4 is 22.9 Å². The Hall–Kier alpha value is -2.24. The van der Waals surface area contributed by atoms with E-state index < -0.39 is 11.9 Å². The van der Waals surface area contributed by atoms with Crippen molar-refractivity contribution in [3.05, 3.63) is 24.3 Å². The van der Waals surface area contributed by atoms with Crippen LogP contribution in [0.25, 0.3) is 11.0 Å². The van der Waals surface area contributed by atoms with Gasteiger partial charge in [-0.2, -0.15) is 4.68 Å². The van der Waals surface area contributed by atoms with Gasteiger partial charge < -0.3 is 4.74 Å². The molecule has 1 heterocycles. The average molecular weight is 315 g/mol. The zero-order chi connectivity index (χ0) is 16.2. The molecule has 0 amide bonds. The van der Waals surface area contributed by atoms with Gasteiger partial charge in [-0.1, -0.05) is 36.6 Å². The zero-order valence-electron chi connectivity index (χ0n) is 13.3. The Balaban J connectivity index is 1.94. The Bertz CT molecular complexity index is 704. The van der Waals surface area contributed by atoms with E-state index in [0.717, 1.165) is 32.1 Å². The molecular formula is C17H21N3O3. The number of rotatable bonds is 4. The second-order valence-corrected chi connectivity index (χ2v) is 5.96. The van der Waals surface area contributed by atoms with Gasteiger partial charge in [-0.3, -0.25) is 9.59 Å². The summed E-state index contributed by atoms with van der Waals surface area (Å²) >= 11 is 0. The van der Waals surface area contributed by atoms with Crippen LogP contribution >= 0.6 is 0 Å². The van der Waals surface area contributed by atoms with Crippen molar-refractivity contribution in [2.24, 2.45) is 11.8 Å². The minimum absolute atomic E-state index is 0.0262. The van der Waals surface area contributed by atoms with Crippen LogP contribution in [0.4, 0.5) is 0 Å². The fourth-order valence-electron chi connectivity index (χ4n) is 3.36. The van der Waals surface area contributed by atoms with Crippen LogP contribution < -0.4 is 0 Å². The fourth-order valence-corrected chi connectivity index (χ4v) is 3.36. The van der Waals surface area contributed by atoms with Gasteiger partial charge in [0.25, 0.3) is 5.91 Å². The minimum atomic E-state index is -0.791. The Labute approximate surface area is 134 Å². The average Bonchev–Trinajstić information content (AvgIpc) is 3.00. The Morgan fingerprint density at radius 2 is 2.00 bits per heavy atom. The van der Waals surface area contributed by atoms with Crippen LogP contribution in [0, 0.1) is 11.8 Å². The number of hydrogen-bond donors (Lipinski definition) is 0. The number of carbonyl (C=O) groups excluding carboxylic acids is 2. The highest BCUT2D eigenvalue weighted by atomic mass is 16.5. The Morgan fingerprint density at radius 3 is 2.74 bits per heavy atom. The molecule has 1 fully saturated rings. The third kappa shape index (κ3) is 3.11. The highest BCUT2D eigenvalue weighted by Gasteiger charge is 2.38. The molecule has 1 aliphatic rings. The molecule has 1 aliphatic carbocycles. The minimum Gasteiger partial charge on any atom is -0.465 e. The maximum absolute atomic E-state index is 13.0. The molecule has 122 valence electrons. The van der Waals surface area contributed by atoms with Crippen molar-refractivity contribution in [3.8, 4) is 0 Å². The van der Waals surface area contributed by atoms with E-state index in [2.05, 4.69) is 10.3 Å². The van der Waals surface area contributed by atoms with E-state index in [-0.39, 0.29) is 18.4 Å². The number of fused-ring (bicyclic) bond motifs is 1. The lowest BCUT2D eigenvalue weighted by Crippen LogP contribution is -2.37. The summed E-state index contributed by atoms with van der Waals surface area (Å²) in [7, 11) is 0. The van der Waals surface area contributed by atoms with Crippen molar-refractivity contribution in [1.82, 2.24) is 15.0 Å². The second kappa shape index (κ2) is 6.89. The molecule has 6 nitrogen and oxygen atoms in total. The number of ether oxygens (including phenoxy) is 1. The normalized spacial score (nSPS) is 17.1. The molecule has 0 spiro atoms. The Morgan fingerprint density at radius 1 is 1.26 bits per heavy atom. The summed E-state index contributed by atoms with van der Waals surface area (Å²) in [6.45, 7) is 2.03. The smallest absolute Gasteiger partial charge is 0.318 e. The van der Waals surface area contributed by atoms with Crippen LogP contribution in [0.5, 0.6) is 0 Å². The number of carbonyl (C=O) groups is 2. The highest BCUT2D eigenvalue weighted by molar-refractivity contribution is 6.02. The number of para-hydroxylation sites is 1. The number of nitrogens with zero attached hydrogens (tertiary/aromatic N) is 3. The molecule has 1 aromatic heterocycles. The van der Waals surface area contributed by atoms with Gasteiger partial charge in [0, 0.05) is 0 Å². The van der Waals surface area contributed by atoms with Crippen molar-refractivity contribution in [2.75, 3.05) is 6.61 Å². The van der Waals surface area contributed by atoms with Gasteiger partial charge in [-0.15, -0.1) is 5.10 Å². The molecule has 3 rings (SSSR count). The first-order valence-corrected chi connectivity index (χ1v) is 8.23. The van der Waals surface area contributed by atoms with Crippen LogP contribution in [-0.4, -0.2) is 33.5 Å². The predicted molar refractivity (Wildman–Crippen MR) is 84.9 cm³/mol. The highest BCUT2D eigenvalue weighted by Crippen LogP contribution is 2.32. The molecule has 6 heteroatoms. The van der Waals surface area contributed by atoms with Crippen LogP contribution in [0.3, 0.4) is 0 Å². The topological polar surface area (TPSA) is 74.1 Å². The van der Waals surface area contributed by atoms with Gasteiger partial charge >= 0.3 is 5.97 Å². The SMILES string of the molecule is CCOC(=O)[C@@H](C(=O)n1nnc2ccccc21)C1CCCCC1. The monoisotopic (exact) mass is 315 g/mol. The lowest BCUT2D eigenvalue weighted by Gasteiger charge is -2.27. The van der Waals surface area contributed by atoms with Gasteiger partial charge in [-0.05, 0) is 37.8 Å². The number of hydrogen-bond acceptors (Lipinski definition) is 5. The maximum Gasteiger partial charge on any atom is 0.318 e. The fraction of sp³-hybridized carbons (Fsp3) is 0.529. The molecule has 2 aromatic rings. The van der Waals surface area contributed by atoms with Gasteiger partial charge in [-0.25, -0.2) is 0 Å². The summed E-state index contributed by atoms with van der Waals surface area (Å²) in [4.78, 5) is 25.4. The molecule has 0 saturated heterocycles. The third-order valence-corrected chi connectivity index (χ3v) is 4.49. The van der Waals surface area contributed by atoms with E-state index in [1.54, 1.807) is 19.1 Å². The zero-order valence-corrected chi connectivity index (χ0v) is 13.3. The largest absolute Gasteiger partial charge is 0.465 e. The summed E-state index contributed by atoms with van der Waals surface area (Å²) < 4.78 is 6.42. The van der Waals surface area contributed by atoms with Crippen LogP contribution in [0.15, 0.2) is 24.3 Å². The summed E-state index contributed by atoms with van der Waals surface area (Å²) in [6.07, 6.45) is 5.01. The first kappa shape index (κ1) is 15.6. The summed E-state index contributed by atoms with van der Waals surface area (Å²) in [5.74, 6) is -1.54. The maximum atomic E-state index is 13.0. The lowest BCUT2D eigenvalue weighted by molar-refractivity contribution is -0.148. The first-order valence-electron chi connectivity index (χ1n) is 8.23. The predicted octanol–water partition coefficient (Wildman–Crippen LogP) is 2.83. The second-order valence-electron chi connectivity index (χ2n) is 5.96. The van der Waals surface area contributed by atoms with Gasteiger partial charge in [0.2, 0.25) is 0 Å². The van der Waals surface area contributed by atoms with Gasteiger partial charge in [0.05, 0.1) is 12.1 Å². The molecule has 1 atom stereocenters. The van der Waals surface area contributed by atoms with Gasteiger partial charge in [0.1, 0.15) is 11.4 Å². The summed E-state index contributed by atoms with van der Waals surface area (Å²) in [5.41, 5.74) is 1.27. The first-order chi connectivity index (χ1) is 11.2. The van der Waals surface area contributed by atoms with Gasteiger partial charge in [0.15, 0.2) is 0 Å². The molecular weight excluding hydrogens is 294 g/mol. The molecule has 0 N–H and O–H groups in total. The van der Waals surface area contributed by atoms with E-state index >= 15 is 0 Å². The molecule has 0 radical (unpaired) electrons. The molecule has 0 unspecified atom stereocenters. The standard InChI is InChI=1S/C17H21N3O3/c1-2-23-17(22)15(12-8-4-3-5-9-12)16(21)20-14-11-7-6-10-13(14)18-19-20/h6-7,10-12,15H,2-5,8-9H2,1H3/t15-/m1/s1. The van der Waals surface area contributed by atoms with E-state index in [9.17, 15) is 9.59 Å². The molecule has 0 bridgehead atoms. The van der Waals surface area contributed by atoms with E-state index in [1.807, 2.05) is 12.1 Å². The van der Waals surface area contributed by atoms with Crippen LogP contribution in [0.1, 0.15) is 43.8 Å². The van der Waals surface area contributed by atoms with Crippen molar-refractivity contribution in [1.29, 1.82) is 0 Å². The molecule has 23 heavy (non-hydrogen) atoms. The number of esters is 1. The molecule has 0 aliphatic heterocycles. The quantitative estimate of drug-likeness (QED) is 0.640. The number of benzene rings is 1. The van der Waals surface area contributed by atoms with Crippen LogP contribution in [0.2, 0.25) is 0 Å². The van der Waals surface area contributed by atoms with E-state index in [4.69, 9.17) is 4.74 Å². The molecule has 1 saturated carbocycles. The van der Waals surface area contributed by atoms with E-state index in [0.29, 0.717) is 11.0 Å². The summed E-state index contributed by atoms with van der Waals surface area (Å²) in [6, 6.07) is 7.26.